The van der Waals surface area contributed by atoms with Crippen LogP contribution in [0.15, 0.2) is 30.5 Å². The number of hydrogen-bond donors (Lipinski definition) is 1. The van der Waals surface area contributed by atoms with E-state index < -0.39 is 5.97 Å². The molecule has 5 nitrogen and oxygen atoms in total. The summed E-state index contributed by atoms with van der Waals surface area (Å²) in [5, 5.41) is 12.9. The molecule has 0 bridgehead atoms. The first kappa shape index (κ1) is 14.0. The molecule has 20 heavy (non-hydrogen) atoms. The van der Waals surface area contributed by atoms with Gasteiger partial charge in [0.05, 0.1) is 19.9 Å². The van der Waals surface area contributed by atoms with Gasteiger partial charge in [-0.3, -0.25) is 4.79 Å². The molecule has 0 amide bonds. The van der Waals surface area contributed by atoms with Crippen molar-refractivity contribution in [1.82, 2.24) is 9.78 Å². The Morgan fingerprint density at radius 1 is 1.50 bits per heavy atom. The van der Waals surface area contributed by atoms with E-state index >= 15 is 0 Å². The first-order chi connectivity index (χ1) is 9.60. The van der Waals surface area contributed by atoms with Gasteiger partial charge < -0.3 is 9.84 Å². The SMILES string of the molecule is COc1c(CCC(=O)O)cnn1Cc1cccc(F)c1. The van der Waals surface area contributed by atoms with Crippen molar-refractivity contribution in [2.45, 2.75) is 19.4 Å². The maximum Gasteiger partial charge on any atom is 0.303 e. The Balaban J connectivity index is 2.17. The van der Waals surface area contributed by atoms with Crippen LogP contribution in [0, 0.1) is 5.82 Å². The first-order valence-corrected chi connectivity index (χ1v) is 6.15. The van der Waals surface area contributed by atoms with Gasteiger partial charge in [0, 0.05) is 12.0 Å². The fourth-order valence-corrected chi connectivity index (χ4v) is 1.98. The molecule has 2 rings (SSSR count). The van der Waals surface area contributed by atoms with Gasteiger partial charge in [-0.1, -0.05) is 12.1 Å². The topological polar surface area (TPSA) is 64.3 Å². The van der Waals surface area contributed by atoms with Crippen molar-refractivity contribution in [3.05, 3.63) is 47.4 Å². The van der Waals surface area contributed by atoms with Crippen molar-refractivity contribution in [3.8, 4) is 5.88 Å². The van der Waals surface area contributed by atoms with Gasteiger partial charge in [0.15, 0.2) is 0 Å². The molecule has 0 saturated carbocycles. The molecule has 1 N–H and O–H groups in total. The fraction of sp³-hybridized carbons (Fsp3) is 0.286. The number of nitrogens with zero attached hydrogens (tertiary/aromatic N) is 2. The Bertz CT molecular complexity index is 610. The monoisotopic (exact) mass is 278 g/mol. The van der Waals surface area contributed by atoms with Gasteiger partial charge in [0.1, 0.15) is 5.82 Å². The predicted octanol–water partition coefficient (Wildman–Crippen LogP) is 2.10. The summed E-state index contributed by atoms with van der Waals surface area (Å²) >= 11 is 0. The number of aryl methyl sites for hydroxylation is 1. The smallest absolute Gasteiger partial charge is 0.303 e. The molecule has 0 atom stereocenters. The number of benzene rings is 1. The van der Waals surface area contributed by atoms with Crippen LogP contribution in [-0.2, 0) is 17.8 Å². The maximum absolute atomic E-state index is 13.1. The molecule has 0 spiro atoms. The molecule has 0 unspecified atom stereocenters. The minimum atomic E-state index is -0.870. The highest BCUT2D eigenvalue weighted by Crippen LogP contribution is 2.21. The average Bonchev–Trinajstić information content (AvgIpc) is 2.78. The number of carboxylic acids is 1. The highest BCUT2D eigenvalue weighted by molar-refractivity contribution is 5.67. The molecule has 0 fully saturated rings. The van der Waals surface area contributed by atoms with Crippen LogP contribution in [0.25, 0.3) is 0 Å². The number of carboxylic acid groups (broad SMARTS) is 1. The van der Waals surface area contributed by atoms with E-state index in [0.29, 0.717) is 18.8 Å². The van der Waals surface area contributed by atoms with E-state index in [1.54, 1.807) is 23.0 Å². The molecule has 0 radical (unpaired) electrons. The summed E-state index contributed by atoms with van der Waals surface area (Å²) in [5.74, 6) is -0.667. The summed E-state index contributed by atoms with van der Waals surface area (Å²) in [6, 6.07) is 6.23. The molecule has 6 heteroatoms. The number of hydrogen-bond acceptors (Lipinski definition) is 3. The van der Waals surface area contributed by atoms with Crippen LogP contribution in [0.4, 0.5) is 4.39 Å². The number of halogens is 1. The number of rotatable bonds is 6. The minimum absolute atomic E-state index is 0.0159. The molecule has 0 aliphatic heterocycles. The molecule has 1 aromatic carbocycles. The van der Waals surface area contributed by atoms with Crippen LogP contribution < -0.4 is 4.74 Å². The van der Waals surface area contributed by atoms with Crippen molar-refractivity contribution in [2.24, 2.45) is 0 Å². The summed E-state index contributed by atoms with van der Waals surface area (Å²) in [4.78, 5) is 10.6. The molecular weight excluding hydrogens is 263 g/mol. The normalized spacial score (nSPS) is 10.5. The van der Waals surface area contributed by atoms with Crippen molar-refractivity contribution < 1.29 is 19.0 Å². The number of aromatic nitrogens is 2. The van der Waals surface area contributed by atoms with Crippen molar-refractivity contribution in [1.29, 1.82) is 0 Å². The lowest BCUT2D eigenvalue weighted by Gasteiger charge is -2.08. The summed E-state index contributed by atoms with van der Waals surface area (Å²) < 4.78 is 20.0. The molecule has 0 aliphatic rings. The molecule has 1 heterocycles. The Hall–Kier alpha value is -2.37. The van der Waals surface area contributed by atoms with Gasteiger partial charge in [0.25, 0.3) is 0 Å². The Labute approximate surface area is 115 Å². The van der Waals surface area contributed by atoms with E-state index in [1.165, 1.54) is 19.2 Å². The van der Waals surface area contributed by atoms with E-state index in [1.807, 2.05) is 0 Å². The molecule has 0 saturated heterocycles. The zero-order valence-corrected chi connectivity index (χ0v) is 11.0. The van der Waals surface area contributed by atoms with E-state index in [4.69, 9.17) is 9.84 Å². The van der Waals surface area contributed by atoms with Gasteiger partial charge in [-0.05, 0) is 24.1 Å². The highest BCUT2D eigenvalue weighted by atomic mass is 19.1. The number of methoxy groups -OCH3 is 1. The van der Waals surface area contributed by atoms with E-state index in [-0.39, 0.29) is 12.2 Å². The third-order valence-corrected chi connectivity index (χ3v) is 2.89. The molecule has 1 aromatic heterocycles. The van der Waals surface area contributed by atoms with Crippen LogP contribution in [0.1, 0.15) is 17.5 Å². The van der Waals surface area contributed by atoms with Crippen molar-refractivity contribution >= 4 is 5.97 Å². The second-order valence-electron chi connectivity index (χ2n) is 4.36. The Morgan fingerprint density at radius 3 is 2.95 bits per heavy atom. The second kappa shape index (κ2) is 6.18. The zero-order chi connectivity index (χ0) is 14.5. The summed E-state index contributed by atoms with van der Waals surface area (Å²) in [5.41, 5.74) is 1.49. The molecule has 0 aliphatic carbocycles. The van der Waals surface area contributed by atoms with E-state index in [0.717, 1.165) is 11.1 Å². The van der Waals surface area contributed by atoms with Crippen LogP contribution in [0.5, 0.6) is 5.88 Å². The van der Waals surface area contributed by atoms with Crippen LogP contribution in [0.3, 0.4) is 0 Å². The highest BCUT2D eigenvalue weighted by Gasteiger charge is 2.13. The van der Waals surface area contributed by atoms with E-state index in [2.05, 4.69) is 5.10 Å². The van der Waals surface area contributed by atoms with Crippen LogP contribution in [0.2, 0.25) is 0 Å². The minimum Gasteiger partial charge on any atom is -0.481 e. The molecule has 106 valence electrons. The number of carbonyl (C=O) groups is 1. The second-order valence-corrected chi connectivity index (χ2v) is 4.36. The summed E-state index contributed by atoms with van der Waals surface area (Å²) in [6.45, 7) is 0.369. The predicted molar refractivity (Wildman–Crippen MR) is 70.2 cm³/mol. The van der Waals surface area contributed by atoms with Crippen molar-refractivity contribution in [2.75, 3.05) is 7.11 Å². The van der Waals surface area contributed by atoms with Gasteiger partial charge >= 0.3 is 5.97 Å². The lowest BCUT2D eigenvalue weighted by Crippen LogP contribution is -2.05. The lowest BCUT2D eigenvalue weighted by atomic mass is 10.2. The quantitative estimate of drug-likeness (QED) is 0.878. The van der Waals surface area contributed by atoms with E-state index in [9.17, 15) is 9.18 Å². The third kappa shape index (κ3) is 3.34. The van der Waals surface area contributed by atoms with Gasteiger partial charge in [-0.25, -0.2) is 9.07 Å². The zero-order valence-electron chi connectivity index (χ0n) is 11.0. The van der Waals surface area contributed by atoms with Gasteiger partial charge in [-0.2, -0.15) is 5.10 Å². The molecular formula is C14H15FN2O3. The number of ether oxygens (including phenoxy) is 1. The third-order valence-electron chi connectivity index (χ3n) is 2.89. The largest absolute Gasteiger partial charge is 0.481 e. The van der Waals surface area contributed by atoms with Crippen molar-refractivity contribution in [3.63, 3.8) is 0 Å². The lowest BCUT2D eigenvalue weighted by molar-refractivity contribution is -0.136. The summed E-state index contributed by atoms with van der Waals surface area (Å²) in [6.07, 6.45) is 1.95. The summed E-state index contributed by atoms with van der Waals surface area (Å²) in [7, 11) is 1.50. The average molecular weight is 278 g/mol. The maximum atomic E-state index is 13.1. The van der Waals surface area contributed by atoms with Gasteiger partial charge in [-0.15, -0.1) is 0 Å². The Morgan fingerprint density at radius 2 is 2.30 bits per heavy atom. The van der Waals surface area contributed by atoms with Crippen LogP contribution >= 0.6 is 0 Å². The number of aliphatic carboxylic acids is 1. The first-order valence-electron chi connectivity index (χ1n) is 6.15. The van der Waals surface area contributed by atoms with Crippen LogP contribution in [-0.4, -0.2) is 28.0 Å². The fourth-order valence-electron chi connectivity index (χ4n) is 1.98. The van der Waals surface area contributed by atoms with Gasteiger partial charge in [0.2, 0.25) is 5.88 Å². The molecule has 2 aromatic rings. The standard InChI is InChI=1S/C14H15FN2O3/c1-20-14-11(5-6-13(18)19)8-16-17(14)9-10-3-2-4-12(15)7-10/h2-4,7-8H,5-6,9H2,1H3,(H,18,19). The Kier molecular flexibility index (Phi) is 4.34.